The first kappa shape index (κ1) is 27.9. The topological polar surface area (TPSA) is 69.7 Å². The number of anilines is 1. The average molecular weight is 553 g/mol. The summed E-state index contributed by atoms with van der Waals surface area (Å²) in [7, 11) is 1.58. The second-order valence-electron chi connectivity index (χ2n) is 10.8. The number of benzene rings is 3. The fraction of sp³-hybridized carbons (Fsp3) is 0.235. The maximum atomic E-state index is 14.0. The Bertz CT molecular complexity index is 1680. The summed E-state index contributed by atoms with van der Waals surface area (Å²) in [6.07, 6.45) is 3.77. The Kier molecular flexibility index (Phi) is 7.54. The standard InChI is InChI=1S/C34H33FN2O4/c1-20-7-8-24(35)16-30(20)40-19-28-26(11-12-29-32(28)21(2)18-34(4,5)37-29)27-10-9-25(17-31(27)39-6)41-33(38)23-13-14-36-22(3)15-23/h7-18,37H,19H2,1-6H3. The van der Waals surface area contributed by atoms with Gasteiger partial charge in [0, 0.05) is 46.4 Å². The number of carbonyl (C=O) groups is 1. The number of nitrogens with zero attached hydrogens (tertiary/aromatic N) is 1. The van der Waals surface area contributed by atoms with Gasteiger partial charge in [-0.2, -0.15) is 0 Å². The van der Waals surface area contributed by atoms with Gasteiger partial charge in [0.2, 0.25) is 0 Å². The van der Waals surface area contributed by atoms with Crippen LogP contribution in [0.2, 0.25) is 0 Å². The number of esters is 1. The predicted octanol–water partition coefficient (Wildman–Crippen LogP) is 7.92. The van der Waals surface area contributed by atoms with Crippen molar-refractivity contribution in [1.82, 2.24) is 4.98 Å². The molecule has 0 spiro atoms. The SMILES string of the molecule is COc1cc(OC(=O)c2ccnc(C)c2)ccc1-c1ccc2c(c1COc1cc(F)ccc1C)C(C)=CC(C)(C)N2. The molecule has 7 heteroatoms. The van der Waals surface area contributed by atoms with Crippen molar-refractivity contribution in [2.75, 3.05) is 12.4 Å². The van der Waals surface area contributed by atoms with Crippen LogP contribution in [0, 0.1) is 19.7 Å². The molecular formula is C34H33FN2O4. The van der Waals surface area contributed by atoms with Crippen LogP contribution in [0.25, 0.3) is 16.7 Å². The van der Waals surface area contributed by atoms with Crippen LogP contribution in [0.3, 0.4) is 0 Å². The molecular weight excluding hydrogens is 519 g/mol. The Labute approximate surface area is 239 Å². The maximum absolute atomic E-state index is 14.0. The number of aromatic nitrogens is 1. The van der Waals surface area contributed by atoms with E-state index in [9.17, 15) is 9.18 Å². The van der Waals surface area contributed by atoms with E-state index < -0.39 is 5.97 Å². The first-order valence-electron chi connectivity index (χ1n) is 13.4. The van der Waals surface area contributed by atoms with Crippen molar-refractivity contribution in [2.24, 2.45) is 0 Å². The van der Waals surface area contributed by atoms with Crippen LogP contribution in [-0.2, 0) is 6.61 Å². The number of hydrogen-bond acceptors (Lipinski definition) is 6. The Morgan fingerprint density at radius 2 is 1.73 bits per heavy atom. The molecule has 0 radical (unpaired) electrons. The van der Waals surface area contributed by atoms with Crippen LogP contribution in [0.15, 0.2) is 72.9 Å². The zero-order valence-electron chi connectivity index (χ0n) is 24.1. The minimum absolute atomic E-state index is 0.206. The minimum Gasteiger partial charge on any atom is -0.496 e. The third-order valence-corrected chi connectivity index (χ3v) is 7.07. The van der Waals surface area contributed by atoms with E-state index in [4.69, 9.17) is 14.2 Å². The minimum atomic E-state index is -0.479. The van der Waals surface area contributed by atoms with Gasteiger partial charge in [0.25, 0.3) is 0 Å². The average Bonchev–Trinajstić information content (AvgIpc) is 2.92. The van der Waals surface area contributed by atoms with Gasteiger partial charge in [-0.05, 0) is 87.7 Å². The molecule has 0 aliphatic carbocycles. The summed E-state index contributed by atoms with van der Waals surface area (Å²) in [5.74, 6) is 0.549. The van der Waals surface area contributed by atoms with Crippen LogP contribution in [0.1, 0.15) is 53.5 Å². The fourth-order valence-corrected chi connectivity index (χ4v) is 5.28. The predicted molar refractivity (Wildman–Crippen MR) is 159 cm³/mol. The molecule has 0 amide bonds. The largest absolute Gasteiger partial charge is 0.496 e. The third kappa shape index (κ3) is 5.94. The number of carbonyl (C=O) groups excluding carboxylic acids is 1. The lowest BCUT2D eigenvalue weighted by atomic mass is 9.85. The molecule has 5 rings (SSSR count). The van der Waals surface area contributed by atoms with Crippen LogP contribution < -0.4 is 19.5 Å². The molecule has 1 aliphatic heterocycles. The molecule has 4 aromatic rings. The van der Waals surface area contributed by atoms with Gasteiger partial charge in [0.05, 0.1) is 18.2 Å². The van der Waals surface area contributed by atoms with Gasteiger partial charge in [0.1, 0.15) is 29.7 Å². The summed E-state index contributed by atoms with van der Waals surface area (Å²) in [6, 6.07) is 17.2. The van der Waals surface area contributed by atoms with E-state index in [1.54, 1.807) is 43.6 Å². The van der Waals surface area contributed by atoms with Crippen LogP contribution in [0.5, 0.6) is 17.2 Å². The maximum Gasteiger partial charge on any atom is 0.343 e. The summed E-state index contributed by atoms with van der Waals surface area (Å²) in [5.41, 5.74) is 7.53. The van der Waals surface area contributed by atoms with E-state index in [2.05, 4.69) is 43.2 Å². The second-order valence-corrected chi connectivity index (χ2v) is 10.8. The van der Waals surface area contributed by atoms with Gasteiger partial charge < -0.3 is 19.5 Å². The van der Waals surface area contributed by atoms with E-state index in [0.717, 1.165) is 44.8 Å². The van der Waals surface area contributed by atoms with Crippen molar-refractivity contribution in [3.63, 3.8) is 0 Å². The molecule has 1 aliphatic rings. The Balaban J connectivity index is 1.56. The van der Waals surface area contributed by atoms with Crippen LogP contribution in [-0.4, -0.2) is 23.6 Å². The van der Waals surface area contributed by atoms with Crippen LogP contribution in [0.4, 0.5) is 10.1 Å². The molecule has 0 unspecified atom stereocenters. The highest BCUT2D eigenvalue weighted by molar-refractivity contribution is 5.92. The molecule has 1 aromatic heterocycles. The highest BCUT2D eigenvalue weighted by Gasteiger charge is 2.27. The number of halogens is 1. The Morgan fingerprint density at radius 1 is 0.951 bits per heavy atom. The Morgan fingerprint density at radius 3 is 2.49 bits per heavy atom. The zero-order chi connectivity index (χ0) is 29.3. The van der Waals surface area contributed by atoms with Crippen molar-refractivity contribution in [2.45, 2.75) is 46.8 Å². The zero-order valence-corrected chi connectivity index (χ0v) is 24.1. The first-order valence-corrected chi connectivity index (χ1v) is 13.4. The molecule has 1 N–H and O–H groups in total. The van der Waals surface area contributed by atoms with Gasteiger partial charge in [-0.25, -0.2) is 9.18 Å². The van der Waals surface area contributed by atoms with Gasteiger partial charge in [-0.15, -0.1) is 0 Å². The van der Waals surface area contributed by atoms with Gasteiger partial charge >= 0.3 is 5.97 Å². The van der Waals surface area contributed by atoms with E-state index >= 15 is 0 Å². The quantitative estimate of drug-likeness (QED) is 0.186. The normalized spacial score (nSPS) is 13.5. The number of hydrogen-bond donors (Lipinski definition) is 1. The lowest BCUT2D eigenvalue weighted by molar-refractivity contribution is 0.0734. The summed E-state index contributed by atoms with van der Waals surface area (Å²) >= 11 is 0. The number of nitrogens with one attached hydrogen (secondary N) is 1. The molecule has 0 atom stereocenters. The highest BCUT2D eigenvalue weighted by atomic mass is 19.1. The van der Waals surface area contributed by atoms with Crippen molar-refractivity contribution in [1.29, 1.82) is 0 Å². The van der Waals surface area contributed by atoms with Crippen molar-refractivity contribution in [3.05, 3.63) is 107 Å². The summed E-state index contributed by atoms with van der Waals surface area (Å²) in [4.78, 5) is 16.9. The molecule has 0 saturated carbocycles. The molecule has 2 heterocycles. The number of fused-ring (bicyclic) bond motifs is 1. The van der Waals surface area contributed by atoms with Gasteiger partial charge in [-0.1, -0.05) is 18.2 Å². The van der Waals surface area contributed by atoms with E-state index in [1.807, 2.05) is 26.0 Å². The monoisotopic (exact) mass is 552 g/mol. The van der Waals surface area contributed by atoms with Crippen molar-refractivity contribution < 1.29 is 23.4 Å². The molecule has 6 nitrogen and oxygen atoms in total. The third-order valence-electron chi connectivity index (χ3n) is 7.07. The van der Waals surface area contributed by atoms with E-state index in [1.165, 1.54) is 12.1 Å². The summed E-state index contributed by atoms with van der Waals surface area (Å²) < 4.78 is 31.7. The smallest absolute Gasteiger partial charge is 0.343 e. The molecule has 210 valence electrons. The lowest BCUT2D eigenvalue weighted by Gasteiger charge is -2.33. The number of ether oxygens (including phenoxy) is 3. The second kappa shape index (κ2) is 11.1. The molecule has 0 fully saturated rings. The lowest BCUT2D eigenvalue weighted by Crippen LogP contribution is -2.32. The van der Waals surface area contributed by atoms with Crippen molar-refractivity contribution >= 4 is 17.2 Å². The number of methoxy groups -OCH3 is 1. The highest BCUT2D eigenvalue weighted by Crippen LogP contribution is 2.43. The van der Waals surface area contributed by atoms with Crippen LogP contribution >= 0.6 is 0 Å². The first-order chi connectivity index (χ1) is 19.5. The Hall–Kier alpha value is -4.65. The number of rotatable bonds is 7. The van der Waals surface area contributed by atoms with Gasteiger partial charge in [-0.3, -0.25) is 4.98 Å². The number of aryl methyl sites for hydroxylation is 2. The fourth-order valence-electron chi connectivity index (χ4n) is 5.28. The summed E-state index contributed by atoms with van der Waals surface area (Å²) in [6.45, 7) is 10.2. The molecule has 0 bridgehead atoms. The van der Waals surface area contributed by atoms with E-state index in [0.29, 0.717) is 22.8 Å². The van der Waals surface area contributed by atoms with E-state index in [-0.39, 0.29) is 18.0 Å². The summed E-state index contributed by atoms with van der Waals surface area (Å²) in [5, 5.41) is 3.60. The number of pyridine rings is 1. The number of allylic oxidation sites excluding steroid dienone is 1. The molecule has 0 saturated heterocycles. The molecule has 3 aromatic carbocycles. The van der Waals surface area contributed by atoms with Crippen molar-refractivity contribution in [3.8, 4) is 28.4 Å². The van der Waals surface area contributed by atoms with Gasteiger partial charge in [0.15, 0.2) is 0 Å². The molecule has 41 heavy (non-hydrogen) atoms.